The maximum Gasteiger partial charge on any atom is 0.416 e. The van der Waals surface area contributed by atoms with Gasteiger partial charge in [-0.25, -0.2) is 4.39 Å². The molecule has 2 atom stereocenters. The number of halogens is 5. The summed E-state index contributed by atoms with van der Waals surface area (Å²) in [6.07, 6.45) is -4.43. The molecular formula is C18H17ClF4N2O. The number of benzene rings is 2. The number of hydrogen-bond donors (Lipinski definition) is 2. The van der Waals surface area contributed by atoms with Crippen molar-refractivity contribution >= 4 is 23.2 Å². The third kappa shape index (κ3) is 5.19. The van der Waals surface area contributed by atoms with E-state index in [9.17, 15) is 22.4 Å². The van der Waals surface area contributed by atoms with Crippen LogP contribution in [0.5, 0.6) is 0 Å². The van der Waals surface area contributed by atoms with Gasteiger partial charge in [0.15, 0.2) is 0 Å². The summed E-state index contributed by atoms with van der Waals surface area (Å²) in [6.45, 7) is 3.22. The van der Waals surface area contributed by atoms with Crippen molar-refractivity contribution in [2.45, 2.75) is 32.1 Å². The summed E-state index contributed by atoms with van der Waals surface area (Å²) in [5.74, 6) is -0.977. The van der Waals surface area contributed by atoms with Crippen LogP contribution in [0.4, 0.5) is 23.2 Å². The molecule has 0 saturated carbocycles. The van der Waals surface area contributed by atoms with Crippen molar-refractivity contribution < 1.29 is 22.4 Å². The number of carbonyl (C=O) groups is 1. The Balaban J connectivity index is 2.04. The Morgan fingerprint density at radius 1 is 1.12 bits per heavy atom. The largest absolute Gasteiger partial charge is 0.416 e. The molecule has 0 aliphatic heterocycles. The van der Waals surface area contributed by atoms with Crippen LogP contribution in [-0.2, 0) is 11.0 Å². The second-order valence-corrected chi connectivity index (χ2v) is 6.25. The molecule has 26 heavy (non-hydrogen) atoms. The van der Waals surface area contributed by atoms with Gasteiger partial charge in [0.1, 0.15) is 5.82 Å². The van der Waals surface area contributed by atoms with Crippen LogP contribution in [0, 0.1) is 5.82 Å². The molecule has 1 amide bonds. The zero-order valence-corrected chi connectivity index (χ0v) is 14.8. The minimum Gasteiger partial charge on any atom is -0.323 e. The maximum absolute atomic E-state index is 13.0. The lowest BCUT2D eigenvalue weighted by molar-refractivity contribution is -0.137. The summed E-state index contributed by atoms with van der Waals surface area (Å²) in [7, 11) is 0. The van der Waals surface area contributed by atoms with Crippen molar-refractivity contribution in [3.8, 4) is 0 Å². The Hall–Kier alpha value is -2.12. The standard InChI is InChI=1S/C18H17ClF4N2O/c1-10(12-4-3-5-13(8-12)18(21,22)23)24-11(2)17(26)25-16-7-6-14(20)9-15(16)19/h3-11,24H,1-2H3,(H,25,26)/t10-,11+/m0/s1. The predicted molar refractivity (Wildman–Crippen MR) is 92.5 cm³/mol. The smallest absolute Gasteiger partial charge is 0.323 e. The lowest BCUT2D eigenvalue weighted by atomic mass is 10.0. The van der Waals surface area contributed by atoms with Gasteiger partial charge in [-0.2, -0.15) is 13.2 Å². The topological polar surface area (TPSA) is 41.1 Å². The summed E-state index contributed by atoms with van der Waals surface area (Å²) >= 11 is 5.86. The Morgan fingerprint density at radius 3 is 2.42 bits per heavy atom. The molecule has 2 aromatic carbocycles. The second kappa shape index (κ2) is 8.05. The number of alkyl halides is 3. The second-order valence-electron chi connectivity index (χ2n) is 5.85. The van der Waals surface area contributed by atoms with Gasteiger partial charge in [-0.15, -0.1) is 0 Å². The molecule has 2 aromatic rings. The van der Waals surface area contributed by atoms with Gasteiger partial charge in [0.05, 0.1) is 22.3 Å². The SMILES string of the molecule is C[C@H](N[C@H](C)C(=O)Nc1ccc(F)cc1Cl)c1cccc(C(F)(F)F)c1. The zero-order chi connectivity index (χ0) is 19.5. The predicted octanol–water partition coefficient (Wildman–Crippen LogP) is 5.18. The molecular weight excluding hydrogens is 372 g/mol. The third-order valence-electron chi connectivity index (χ3n) is 3.80. The van der Waals surface area contributed by atoms with Crippen LogP contribution in [0.15, 0.2) is 42.5 Å². The molecule has 0 aliphatic carbocycles. The molecule has 0 radical (unpaired) electrons. The highest BCUT2D eigenvalue weighted by Crippen LogP contribution is 2.30. The first-order valence-corrected chi connectivity index (χ1v) is 8.15. The number of nitrogens with one attached hydrogen (secondary N) is 2. The van der Waals surface area contributed by atoms with Crippen LogP contribution in [-0.4, -0.2) is 11.9 Å². The van der Waals surface area contributed by atoms with Crippen molar-refractivity contribution in [2.75, 3.05) is 5.32 Å². The number of hydrogen-bond acceptors (Lipinski definition) is 2. The summed E-state index contributed by atoms with van der Waals surface area (Å²) in [5, 5.41) is 5.53. The Bertz CT molecular complexity index is 795. The number of carbonyl (C=O) groups excluding carboxylic acids is 1. The summed E-state index contributed by atoms with van der Waals surface area (Å²) in [4.78, 5) is 12.2. The fraction of sp³-hybridized carbons (Fsp3) is 0.278. The highest BCUT2D eigenvalue weighted by Gasteiger charge is 2.30. The normalized spacial score (nSPS) is 14.0. The zero-order valence-electron chi connectivity index (χ0n) is 14.0. The van der Waals surface area contributed by atoms with E-state index in [0.29, 0.717) is 5.56 Å². The minimum atomic E-state index is -4.43. The molecule has 0 bridgehead atoms. The van der Waals surface area contributed by atoms with Gasteiger partial charge in [0.25, 0.3) is 0 Å². The summed E-state index contributed by atoms with van der Waals surface area (Å²) < 4.78 is 51.5. The molecule has 8 heteroatoms. The van der Waals surface area contributed by atoms with E-state index in [1.165, 1.54) is 12.1 Å². The van der Waals surface area contributed by atoms with Crippen LogP contribution >= 0.6 is 11.6 Å². The lowest BCUT2D eigenvalue weighted by Gasteiger charge is -2.21. The van der Waals surface area contributed by atoms with E-state index >= 15 is 0 Å². The fourth-order valence-corrected chi connectivity index (χ4v) is 2.58. The first-order valence-electron chi connectivity index (χ1n) is 7.77. The van der Waals surface area contributed by atoms with E-state index in [4.69, 9.17) is 11.6 Å². The monoisotopic (exact) mass is 388 g/mol. The molecule has 0 unspecified atom stereocenters. The Morgan fingerprint density at radius 2 is 1.81 bits per heavy atom. The van der Waals surface area contributed by atoms with E-state index in [1.54, 1.807) is 19.9 Å². The molecule has 3 nitrogen and oxygen atoms in total. The van der Waals surface area contributed by atoms with Crippen LogP contribution in [0.25, 0.3) is 0 Å². The molecule has 2 rings (SSSR count). The molecule has 2 N–H and O–H groups in total. The highest BCUT2D eigenvalue weighted by molar-refractivity contribution is 6.33. The molecule has 0 fully saturated rings. The average Bonchev–Trinajstić information content (AvgIpc) is 2.56. The highest BCUT2D eigenvalue weighted by atomic mass is 35.5. The van der Waals surface area contributed by atoms with Gasteiger partial charge < -0.3 is 5.32 Å². The van der Waals surface area contributed by atoms with E-state index in [0.717, 1.165) is 24.3 Å². The molecule has 0 heterocycles. The molecule has 0 aromatic heterocycles. The van der Waals surface area contributed by atoms with Crippen molar-refractivity contribution in [1.82, 2.24) is 5.32 Å². The Labute approximate surface area is 153 Å². The third-order valence-corrected chi connectivity index (χ3v) is 4.11. The first kappa shape index (κ1) is 20.2. The fourth-order valence-electron chi connectivity index (χ4n) is 2.36. The maximum atomic E-state index is 13.0. The van der Waals surface area contributed by atoms with Gasteiger partial charge in [0.2, 0.25) is 5.91 Å². The molecule has 140 valence electrons. The van der Waals surface area contributed by atoms with Crippen molar-refractivity contribution in [1.29, 1.82) is 0 Å². The summed E-state index contributed by atoms with van der Waals surface area (Å²) in [5.41, 5.74) is -0.100. The van der Waals surface area contributed by atoms with Gasteiger partial charge in [-0.05, 0) is 49.7 Å². The van der Waals surface area contributed by atoms with Gasteiger partial charge in [-0.1, -0.05) is 23.7 Å². The van der Waals surface area contributed by atoms with Gasteiger partial charge in [0, 0.05) is 6.04 Å². The van der Waals surface area contributed by atoms with Crippen molar-refractivity contribution in [3.63, 3.8) is 0 Å². The summed E-state index contributed by atoms with van der Waals surface area (Å²) in [6, 6.07) is 7.24. The molecule has 0 aliphatic rings. The van der Waals surface area contributed by atoms with Crippen LogP contribution in [0.2, 0.25) is 5.02 Å². The van der Waals surface area contributed by atoms with E-state index in [2.05, 4.69) is 10.6 Å². The number of anilines is 1. The van der Waals surface area contributed by atoms with Crippen LogP contribution in [0.1, 0.15) is 31.0 Å². The van der Waals surface area contributed by atoms with Crippen LogP contribution < -0.4 is 10.6 Å². The molecule has 0 saturated heterocycles. The van der Waals surface area contributed by atoms with E-state index in [1.807, 2.05) is 0 Å². The number of amides is 1. The lowest BCUT2D eigenvalue weighted by Crippen LogP contribution is -2.39. The van der Waals surface area contributed by atoms with E-state index < -0.39 is 35.5 Å². The Kier molecular flexibility index (Phi) is 6.26. The van der Waals surface area contributed by atoms with Crippen molar-refractivity contribution in [3.05, 3.63) is 64.4 Å². The number of rotatable bonds is 5. The quantitative estimate of drug-likeness (QED) is 0.693. The van der Waals surface area contributed by atoms with E-state index in [-0.39, 0.29) is 10.7 Å². The van der Waals surface area contributed by atoms with Crippen molar-refractivity contribution in [2.24, 2.45) is 0 Å². The molecule has 0 spiro atoms. The van der Waals surface area contributed by atoms with Gasteiger partial charge in [-0.3, -0.25) is 10.1 Å². The van der Waals surface area contributed by atoms with Gasteiger partial charge >= 0.3 is 6.18 Å². The van der Waals surface area contributed by atoms with Crippen LogP contribution in [0.3, 0.4) is 0 Å². The minimum absolute atomic E-state index is 0.0523. The average molecular weight is 389 g/mol. The first-order chi connectivity index (χ1) is 12.1.